The van der Waals surface area contributed by atoms with Crippen molar-refractivity contribution in [1.29, 1.82) is 0 Å². The number of anilines is 1. The topological polar surface area (TPSA) is 61.8 Å². The molecule has 2 aromatic rings. The molecule has 154 valence electrons. The van der Waals surface area contributed by atoms with Gasteiger partial charge in [0.05, 0.1) is 18.7 Å². The minimum Gasteiger partial charge on any atom is -0.497 e. The second-order valence-corrected chi connectivity index (χ2v) is 7.90. The molecule has 1 atom stereocenters. The van der Waals surface area contributed by atoms with E-state index in [1.54, 1.807) is 13.4 Å². The SMILES string of the molecule is COc1ccc(-c2cc(N3CCCC(C(=O)N4CCN(C)CC4)C3)ncn2)cc1. The van der Waals surface area contributed by atoms with Gasteiger partial charge in [-0.15, -0.1) is 0 Å². The van der Waals surface area contributed by atoms with E-state index in [0.717, 1.165) is 74.9 Å². The Morgan fingerprint density at radius 1 is 1.07 bits per heavy atom. The molecule has 0 radical (unpaired) electrons. The summed E-state index contributed by atoms with van der Waals surface area (Å²) in [7, 11) is 3.77. The molecule has 0 spiro atoms. The van der Waals surface area contributed by atoms with Crippen LogP contribution in [-0.2, 0) is 4.79 Å². The number of ether oxygens (including phenoxy) is 1. The van der Waals surface area contributed by atoms with Crippen molar-refractivity contribution in [3.05, 3.63) is 36.7 Å². The molecule has 0 aliphatic carbocycles. The van der Waals surface area contributed by atoms with E-state index in [1.807, 2.05) is 35.2 Å². The number of piperidine rings is 1. The van der Waals surface area contributed by atoms with E-state index in [2.05, 4.69) is 26.8 Å². The highest BCUT2D eigenvalue weighted by atomic mass is 16.5. The zero-order chi connectivity index (χ0) is 20.2. The van der Waals surface area contributed by atoms with Crippen LogP contribution >= 0.6 is 0 Å². The van der Waals surface area contributed by atoms with Gasteiger partial charge in [-0.1, -0.05) is 0 Å². The van der Waals surface area contributed by atoms with E-state index in [4.69, 9.17) is 4.74 Å². The van der Waals surface area contributed by atoms with E-state index in [9.17, 15) is 4.79 Å². The van der Waals surface area contributed by atoms with Gasteiger partial charge in [-0.05, 0) is 44.2 Å². The first-order chi connectivity index (χ1) is 14.1. The summed E-state index contributed by atoms with van der Waals surface area (Å²) in [5, 5.41) is 0. The van der Waals surface area contributed by atoms with Crippen molar-refractivity contribution >= 4 is 11.7 Å². The number of carbonyl (C=O) groups is 1. The first-order valence-corrected chi connectivity index (χ1v) is 10.3. The van der Waals surface area contributed by atoms with Crippen molar-refractivity contribution in [3.8, 4) is 17.0 Å². The van der Waals surface area contributed by atoms with Crippen molar-refractivity contribution in [2.45, 2.75) is 12.8 Å². The summed E-state index contributed by atoms with van der Waals surface area (Å²) in [6.45, 7) is 5.23. The third-order valence-electron chi connectivity index (χ3n) is 5.95. The monoisotopic (exact) mass is 395 g/mol. The van der Waals surface area contributed by atoms with Gasteiger partial charge >= 0.3 is 0 Å². The van der Waals surface area contributed by atoms with Gasteiger partial charge in [0.1, 0.15) is 17.9 Å². The Kier molecular flexibility index (Phi) is 5.94. The van der Waals surface area contributed by atoms with Crippen LogP contribution in [0.4, 0.5) is 5.82 Å². The lowest BCUT2D eigenvalue weighted by molar-refractivity contribution is -0.137. The van der Waals surface area contributed by atoms with Gasteiger partial charge in [-0.25, -0.2) is 9.97 Å². The number of rotatable bonds is 4. The maximum atomic E-state index is 13.0. The highest BCUT2D eigenvalue weighted by Gasteiger charge is 2.31. The molecule has 29 heavy (non-hydrogen) atoms. The van der Waals surface area contributed by atoms with E-state index in [0.29, 0.717) is 5.91 Å². The molecule has 7 nitrogen and oxygen atoms in total. The van der Waals surface area contributed by atoms with Crippen LogP contribution < -0.4 is 9.64 Å². The van der Waals surface area contributed by atoms with Crippen LogP contribution in [0.2, 0.25) is 0 Å². The number of benzene rings is 1. The molecule has 2 saturated heterocycles. The Morgan fingerprint density at radius 2 is 1.83 bits per heavy atom. The second-order valence-electron chi connectivity index (χ2n) is 7.90. The van der Waals surface area contributed by atoms with Crippen molar-refractivity contribution in [2.75, 3.05) is 58.3 Å². The Balaban J connectivity index is 1.46. The highest BCUT2D eigenvalue weighted by molar-refractivity contribution is 5.80. The van der Waals surface area contributed by atoms with Crippen LogP contribution in [0.5, 0.6) is 5.75 Å². The maximum Gasteiger partial charge on any atom is 0.227 e. The minimum absolute atomic E-state index is 0.0477. The van der Waals surface area contributed by atoms with Crippen LogP contribution in [0.1, 0.15) is 12.8 Å². The Bertz CT molecular complexity index is 833. The number of hydrogen-bond acceptors (Lipinski definition) is 6. The lowest BCUT2D eigenvalue weighted by Gasteiger charge is -2.38. The van der Waals surface area contributed by atoms with Gasteiger partial charge in [0.15, 0.2) is 0 Å². The zero-order valence-electron chi connectivity index (χ0n) is 17.3. The lowest BCUT2D eigenvalue weighted by Crippen LogP contribution is -2.51. The number of nitrogens with zero attached hydrogens (tertiary/aromatic N) is 5. The quantitative estimate of drug-likeness (QED) is 0.791. The second kappa shape index (κ2) is 8.78. The van der Waals surface area contributed by atoms with Crippen LogP contribution in [0.3, 0.4) is 0 Å². The Hall–Kier alpha value is -2.67. The largest absolute Gasteiger partial charge is 0.497 e. The normalized spacial score (nSPS) is 20.6. The van der Waals surface area contributed by atoms with E-state index >= 15 is 0 Å². The molecule has 7 heteroatoms. The van der Waals surface area contributed by atoms with Gasteiger partial charge in [-0.3, -0.25) is 4.79 Å². The highest BCUT2D eigenvalue weighted by Crippen LogP contribution is 2.27. The van der Waals surface area contributed by atoms with Gasteiger partial charge in [0.25, 0.3) is 0 Å². The van der Waals surface area contributed by atoms with Gasteiger partial charge in [-0.2, -0.15) is 0 Å². The van der Waals surface area contributed by atoms with Gasteiger partial charge in [0, 0.05) is 50.9 Å². The number of piperazine rings is 1. The number of methoxy groups -OCH3 is 1. The predicted molar refractivity (Wildman–Crippen MR) is 113 cm³/mol. The van der Waals surface area contributed by atoms with Crippen LogP contribution in [0.15, 0.2) is 36.7 Å². The van der Waals surface area contributed by atoms with Gasteiger partial charge in [0.2, 0.25) is 5.91 Å². The van der Waals surface area contributed by atoms with E-state index in [1.165, 1.54) is 0 Å². The van der Waals surface area contributed by atoms with Crippen LogP contribution in [0, 0.1) is 5.92 Å². The zero-order valence-corrected chi connectivity index (χ0v) is 17.3. The van der Waals surface area contributed by atoms with Crippen molar-refractivity contribution < 1.29 is 9.53 Å². The fraction of sp³-hybridized carbons (Fsp3) is 0.500. The van der Waals surface area contributed by atoms with Crippen molar-refractivity contribution in [1.82, 2.24) is 19.8 Å². The standard InChI is InChI=1S/C22H29N5O2/c1-25-10-12-26(13-11-25)22(28)18-4-3-9-27(15-18)21-14-20(23-16-24-21)17-5-7-19(29-2)8-6-17/h5-8,14,16,18H,3-4,9-13,15H2,1-2H3. The van der Waals surface area contributed by atoms with Gasteiger partial charge < -0.3 is 19.4 Å². The summed E-state index contributed by atoms with van der Waals surface area (Å²) in [6.07, 6.45) is 3.57. The first-order valence-electron chi connectivity index (χ1n) is 10.3. The number of carbonyl (C=O) groups excluding carboxylic acids is 1. The average Bonchev–Trinajstić information content (AvgIpc) is 2.79. The molecule has 1 aromatic carbocycles. The molecule has 1 aromatic heterocycles. The number of aromatic nitrogens is 2. The molecule has 2 aliphatic rings. The van der Waals surface area contributed by atoms with Crippen molar-refractivity contribution in [3.63, 3.8) is 0 Å². The molecular weight excluding hydrogens is 366 g/mol. The molecule has 0 N–H and O–H groups in total. The summed E-state index contributed by atoms with van der Waals surface area (Å²) < 4.78 is 5.23. The first kappa shape index (κ1) is 19.6. The maximum absolute atomic E-state index is 13.0. The Morgan fingerprint density at radius 3 is 2.55 bits per heavy atom. The van der Waals surface area contributed by atoms with E-state index in [-0.39, 0.29) is 5.92 Å². The van der Waals surface area contributed by atoms with Crippen LogP contribution in [-0.4, -0.2) is 79.1 Å². The lowest BCUT2D eigenvalue weighted by atomic mass is 9.96. The third-order valence-corrected chi connectivity index (χ3v) is 5.95. The predicted octanol–water partition coefficient (Wildman–Crippen LogP) is 2.14. The molecule has 0 bridgehead atoms. The summed E-state index contributed by atoms with van der Waals surface area (Å²) in [4.78, 5) is 28.5. The fourth-order valence-electron chi connectivity index (χ4n) is 4.11. The molecule has 0 saturated carbocycles. The molecule has 3 heterocycles. The summed E-state index contributed by atoms with van der Waals surface area (Å²) in [5.41, 5.74) is 1.90. The summed E-state index contributed by atoms with van der Waals surface area (Å²) in [6, 6.07) is 9.89. The molecule has 1 amide bonds. The number of likely N-dealkylation sites (N-methyl/N-ethyl adjacent to an activating group) is 1. The molecule has 1 unspecified atom stereocenters. The third kappa shape index (κ3) is 4.50. The van der Waals surface area contributed by atoms with Crippen LogP contribution in [0.25, 0.3) is 11.3 Å². The van der Waals surface area contributed by atoms with E-state index < -0.39 is 0 Å². The van der Waals surface area contributed by atoms with Crippen molar-refractivity contribution in [2.24, 2.45) is 5.92 Å². The summed E-state index contributed by atoms with van der Waals surface area (Å²) in [5.74, 6) is 2.06. The molecule has 2 aliphatic heterocycles. The molecular formula is C22H29N5O2. The summed E-state index contributed by atoms with van der Waals surface area (Å²) >= 11 is 0. The number of hydrogen-bond donors (Lipinski definition) is 0. The number of amides is 1. The smallest absolute Gasteiger partial charge is 0.227 e. The fourth-order valence-corrected chi connectivity index (χ4v) is 4.11. The minimum atomic E-state index is 0.0477. The molecule has 2 fully saturated rings. The average molecular weight is 396 g/mol. The Labute approximate surface area is 172 Å². The molecule has 4 rings (SSSR count).